The SMILES string of the molecule is O=C(CN(C1=N[C@H]2CS(=O)(=O)C[C@@H]2S1)c1cccc(Cl)c1)Nc1ccccc1. The molecule has 0 aromatic heterocycles. The summed E-state index contributed by atoms with van der Waals surface area (Å²) in [7, 11) is -3.04. The molecule has 2 atom stereocenters. The molecule has 0 aliphatic carbocycles. The zero-order chi connectivity index (χ0) is 19.7. The van der Waals surface area contributed by atoms with Crippen LogP contribution >= 0.6 is 23.4 Å². The molecule has 0 unspecified atom stereocenters. The summed E-state index contributed by atoms with van der Waals surface area (Å²) in [6.45, 7) is 0.0489. The van der Waals surface area contributed by atoms with Crippen LogP contribution < -0.4 is 10.2 Å². The van der Waals surface area contributed by atoms with E-state index in [0.29, 0.717) is 15.9 Å². The van der Waals surface area contributed by atoms with Gasteiger partial charge in [0, 0.05) is 21.6 Å². The van der Waals surface area contributed by atoms with Crippen molar-refractivity contribution in [3.63, 3.8) is 0 Å². The van der Waals surface area contributed by atoms with Crippen LogP contribution in [-0.2, 0) is 14.6 Å². The third-order valence-electron chi connectivity index (χ3n) is 4.52. The number of halogens is 1. The molecule has 9 heteroatoms. The van der Waals surface area contributed by atoms with E-state index in [4.69, 9.17) is 11.6 Å². The summed E-state index contributed by atoms with van der Waals surface area (Å²) >= 11 is 7.56. The zero-order valence-electron chi connectivity index (χ0n) is 14.8. The number of thioether (sulfide) groups is 1. The number of carbonyl (C=O) groups excluding carboxylic acids is 1. The Bertz CT molecular complexity index is 1030. The first kappa shape index (κ1) is 19.3. The minimum absolute atomic E-state index is 0.0489. The number of hydrogen-bond donors (Lipinski definition) is 1. The number of benzene rings is 2. The van der Waals surface area contributed by atoms with Crippen LogP contribution in [0.2, 0.25) is 5.02 Å². The standard InChI is InChI=1S/C19H18ClN3O3S2/c20-13-5-4-8-15(9-13)23(10-18(24)21-14-6-2-1-3-7-14)19-22-16-11-28(25,26)12-17(16)27-19/h1-9,16-17H,10-12H2,(H,21,24)/t16-,17-/m0/s1. The topological polar surface area (TPSA) is 78.8 Å². The molecule has 0 saturated carbocycles. The van der Waals surface area contributed by atoms with Crippen molar-refractivity contribution in [1.82, 2.24) is 0 Å². The number of anilines is 2. The van der Waals surface area contributed by atoms with Gasteiger partial charge in [-0.25, -0.2) is 8.42 Å². The van der Waals surface area contributed by atoms with Crippen molar-refractivity contribution in [3.8, 4) is 0 Å². The van der Waals surface area contributed by atoms with Crippen LogP contribution in [-0.4, -0.2) is 48.8 Å². The molecule has 4 rings (SSSR count). The highest BCUT2D eigenvalue weighted by molar-refractivity contribution is 8.15. The van der Waals surface area contributed by atoms with Crippen molar-refractivity contribution in [2.75, 3.05) is 28.3 Å². The summed E-state index contributed by atoms with van der Waals surface area (Å²) in [4.78, 5) is 19.0. The Morgan fingerprint density at radius 2 is 1.96 bits per heavy atom. The van der Waals surface area contributed by atoms with Gasteiger partial charge in [0.2, 0.25) is 5.91 Å². The molecule has 2 heterocycles. The number of nitrogens with one attached hydrogen (secondary N) is 1. The molecular formula is C19H18ClN3O3S2. The van der Waals surface area contributed by atoms with Crippen LogP contribution in [0.5, 0.6) is 0 Å². The van der Waals surface area contributed by atoms with Crippen LogP contribution in [0.4, 0.5) is 11.4 Å². The van der Waals surface area contributed by atoms with E-state index in [1.54, 1.807) is 17.0 Å². The fraction of sp³-hybridized carbons (Fsp3) is 0.263. The molecule has 2 aliphatic heterocycles. The van der Waals surface area contributed by atoms with E-state index < -0.39 is 9.84 Å². The minimum atomic E-state index is -3.04. The largest absolute Gasteiger partial charge is 0.325 e. The zero-order valence-corrected chi connectivity index (χ0v) is 17.2. The third kappa shape index (κ3) is 4.34. The van der Waals surface area contributed by atoms with E-state index in [2.05, 4.69) is 10.3 Å². The first-order valence-corrected chi connectivity index (χ1v) is 11.8. The van der Waals surface area contributed by atoms with Crippen LogP contribution in [0.1, 0.15) is 0 Å². The highest BCUT2D eigenvalue weighted by Gasteiger charge is 2.44. The van der Waals surface area contributed by atoms with Gasteiger partial charge in [0.05, 0.1) is 17.5 Å². The van der Waals surface area contributed by atoms with Crippen molar-refractivity contribution in [2.24, 2.45) is 4.99 Å². The van der Waals surface area contributed by atoms with Gasteiger partial charge >= 0.3 is 0 Å². The van der Waals surface area contributed by atoms with E-state index in [1.165, 1.54) is 11.8 Å². The van der Waals surface area contributed by atoms with Crippen molar-refractivity contribution in [3.05, 3.63) is 59.6 Å². The van der Waals surface area contributed by atoms with Crippen LogP contribution in [0.15, 0.2) is 59.6 Å². The number of para-hydroxylation sites is 1. The number of carbonyl (C=O) groups is 1. The number of aliphatic imine (C=N–C) groups is 1. The summed E-state index contributed by atoms with van der Waals surface area (Å²) in [5.41, 5.74) is 1.45. The second-order valence-electron chi connectivity index (χ2n) is 6.69. The number of rotatable bonds is 4. The Labute approximate surface area is 172 Å². The molecule has 2 aromatic carbocycles. The Hall–Kier alpha value is -2.03. The number of nitrogens with zero attached hydrogens (tertiary/aromatic N) is 2. The Morgan fingerprint density at radius 1 is 1.18 bits per heavy atom. The normalized spacial score (nSPS) is 22.4. The summed E-state index contributed by atoms with van der Waals surface area (Å²) in [6, 6.07) is 16.2. The smallest absolute Gasteiger partial charge is 0.244 e. The van der Waals surface area contributed by atoms with Gasteiger partial charge in [-0.15, -0.1) is 0 Å². The molecule has 6 nitrogen and oxygen atoms in total. The van der Waals surface area contributed by atoms with E-state index in [9.17, 15) is 13.2 Å². The lowest BCUT2D eigenvalue weighted by Gasteiger charge is -2.24. The first-order chi connectivity index (χ1) is 13.4. The number of amides is 1. The van der Waals surface area contributed by atoms with Crippen LogP contribution in [0.3, 0.4) is 0 Å². The van der Waals surface area contributed by atoms with E-state index >= 15 is 0 Å². The lowest BCUT2D eigenvalue weighted by molar-refractivity contribution is -0.114. The highest BCUT2D eigenvalue weighted by atomic mass is 35.5. The Balaban J connectivity index is 1.58. The van der Waals surface area contributed by atoms with Gasteiger partial charge in [-0.3, -0.25) is 9.79 Å². The van der Waals surface area contributed by atoms with Crippen LogP contribution in [0.25, 0.3) is 0 Å². The molecule has 0 spiro atoms. The summed E-state index contributed by atoms with van der Waals surface area (Å²) < 4.78 is 23.7. The predicted molar refractivity (Wildman–Crippen MR) is 115 cm³/mol. The second-order valence-corrected chi connectivity index (χ2v) is 10.5. The third-order valence-corrected chi connectivity index (χ3v) is 8.00. The van der Waals surface area contributed by atoms with E-state index in [0.717, 1.165) is 5.69 Å². The Morgan fingerprint density at radius 3 is 2.68 bits per heavy atom. The predicted octanol–water partition coefficient (Wildman–Crippen LogP) is 3.05. The van der Waals surface area contributed by atoms with Gasteiger partial charge < -0.3 is 10.2 Å². The number of fused-ring (bicyclic) bond motifs is 1. The number of sulfone groups is 1. The van der Waals surface area contributed by atoms with Gasteiger partial charge in [-0.2, -0.15) is 0 Å². The first-order valence-electron chi connectivity index (χ1n) is 8.72. The van der Waals surface area contributed by atoms with Gasteiger partial charge in [0.1, 0.15) is 6.54 Å². The summed E-state index contributed by atoms with van der Waals surface area (Å²) in [5, 5.41) is 3.97. The Kier molecular flexibility index (Phi) is 5.35. The number of hydrogen-bond acceptors (Lipinski definition) is 6. The number of amidine groups is 1. The maximum absolute atomic E-state index is 12.6. The van der Waals surface area contributed by atoms with Gasteiger partial charge in [-0.1, -0.05) is 47.6 Å². The fourth-order valence-corrected chi connectivity index (χ4v) is 7.21. The van der Waals surface area contributed by atoms with Crippen LogP contribution in [0, 0.1) is 0 Å². The lowest BCUT2D eigenvalue weighted by Crippen LogP contribution is -2.36. The molecule has 2 aliphatic rings. The molecule has 1 fully saturated rings. The molecule has 0 radical (unpaired) electrons. The van der Waals surface area contributed by atoms with Crippen molar-refractivity contribution in [1.29, 1.82) is 0 Å². The fourth-order valence-electron chi connectivity index (χ4n) is 3.25. The molecule has 2 aromatic rings. The van der Waals surface area contributed by atoms with Gasteiger partial charge in [0.15, 0.2) is 15.0 Å². The summed E-state index contributed by atoms with van der Waals surface area (Å²) in [6.07, 6.45) is 0. The highest BCUT2D eigenvalue weighted by Crippen LogP contribution is 2.37. The molecule has 1 amide bonds. The molecule has 1 N–H and O–H groups in total. The maximum atomic E-state index is 12.6. The quantitative estimate of drug-likeness (QED) is 0.798. The summed E-state index contributed by atoms with van der Waals surface area (Å²) in [5.74, 6) is -0.0120. The minimum Gasteiger partial charge on any atom is -0.325 e. The van der Waals surface area contributed by atoms with Crippen molar-refractivity contribution in [2.45, 2.75) is 11.3 Å². The average Bonchev–Trinajstić information content (AvgIpc) is 3.14. The lowest BCUT2D eigenvalue weighted by atomic mass is 10.2. The molecule has 0 bridgehead atoms. The molecular weight excluding hydrogens is 418 g/mol. The molecule has 1 saturated heterocycles. The molecule has 146 valence electrons. The maximum Gasteiger partial charge on any atom is 0.244 e. The van der Waals surface area contributed by atoms with E-state index in [1.807, 2.05) is 42.5 Å². The van der Waals surface area contributed by atoms with Gasteiger partial charge in [0.25, 0.3) is 0 Å². The van der Waals surface area contributed by atoms with E-state index in [-0.39, 0.29) is 35.2 Å². The van der Waals surface area contributed by atoms with Gasteiger partial charge in [-0.05, 0) is 30.3 Å². The average molecular weight is 436 g/mol. The monoisotopic (exact) mass is 435 g/mol. The molecule has 28 heavy (non-hydrogen) atoms. The van der Waals surface area contributed by atoms with Crippen molar-refractivity contribution < 1.29 is 13.2 Å². The second kappa shape index (κ2) is 7.77. The van der Waals surface area contributed by atoms with Crippen molar-refractivity contribution >= 4 is 55.6 Å².